The molecule has 2 aliphatic rings. The van der Waals surface area contributed by atoms with Crippen molar-refractivity contribution in [2.75, 3.05) is 0 Å². The van der Waals surface area contributed by atoms with Crippen LogP contribution in [-0.2, 0) is 0 Å². The van der Waals surface area contributed by atoms with Crippen LogP contribution in [0.15, 0.2) is 42.5 Å². The summed E-state index contributed by atoms with van der Waals surface area (Å²) in [5, 5.41) is 1.08. The molecular formula is C30H37FS. The van der Waals surface area contributed by atoms with Crippen LogP contribution in [0.5, 0.6) is 0 Å². The fourth-order valence-corrected chi connectivity index (χ4v) is 7.65. The van der Waals surface area contributed by atoms with E-state index >= 15 is 0 Å². The van der Waals surface area contributed by atoms with E-state index in [1.807, 2.05) is 13.0 Å². The van der Waals surface area contributed by atoms with E-state index in [4.69, 9.17) is 0 Å². The predicted octanol–water partition coefficient (Wildman–Crippen LogP) is 9.86. The van der Waals surface area contributed by atoms with Gasteiger partial charge in [0.15, 0.2) is 0 Å². The monoisotopic (exact) mass is 448 g/mol. The average Bonchev–Trinajstić information content (AvgIpc) is 3.28. The lowest BCUT2D eigenvalue weighted by atomic mass is 9.76. The van der Waals surface area contributed by atoms with Crippen molar-refractivity contribution in [1.82, 2.24) is 0 Å². The van der Waals surface area contributed by atoms with Crippen LogP contribution in [-0.4, -0.2) is 0 Å². The quantitative estimate of drug-likeness (QED) is 0.364. The maximum absolute atomic E-state index is 14.5. The Kier molecular flexibility index (Phi) is 6.69. The van der Waals surface area contributed by atoms with Gasteiger partial charge < -0.3 is 0 Å². The van der Waals surface area contributed by atoms with Gasteiger partial charge in [0, 0.05) is 4.88 Å². The highest BCUT2D eigenvalue weighted by atomic mass is 32.1. The van der Waals surface area contributed by atoms with E-state index in [9.17, 15) is 4.39 Å². The summed E-state index contributed by atoms with van der Waals surface area (Å²) >= 11 is 1.69. The van der Waals surface area contributed by atoms with Gasteiger partial charge in [-0.3, -0.25) is 0 Å². The second-order valence-corrected chi connectivity index (χ2v) is 11.6. The molecule has 0 radical (unpaired) electrons. The Balaban J connectivity index is 1.19. The average molecular weight is 449 g/mol. The first-order chi connectivity index (χ1) is 15.6. The van der Waals surface area contributed by atoms with E-state index in [2.05, 4.69) is 43.3 Å². The van der Waals surface area contributed by atoms with E-state index in [1.54, 1.807) is 16.9 Å². The summed E-state index contributed by atoms with van der Waals surface area (Å²) in [5.74, 6) is 3.03. The highest BCUT2D eigenvalue weighted by Gasteiger charge is 2.26. The fraction of sp³-hybridized carbons (Fsp3) is 0.533. The summed E-state index contributed by atoms with van der Waals surface area (Å²) in [5.41, 5.74) is 3.86. The Morgan fingerprint density at radius 2 is 1.34 bits per heavy atom. The molecule has 0 saturated heterocycles. The largest absolute Gasteiger partial charge is 0.205 e. The Bertz CT molecular complexity index is 1030. The summed E-state index contributed by atoms with van der Waals surface area (Å²) < 4.78 is 15.3. The van der Waals surface area contributed by atoms with Crippen LogP contribution in [0.2, 0.25) is 0 Å². The molecule has 0 amide bonds. The Hall–Kier alpha value is -1.67. The molecule has 2 heteroatoms. The van der Waals surface area contributed by atoms with E-state index in [-0.39, 0.29) is 5.82 Å². The smallest absolute Gasteiger partial charge is 0.143 e. The number of aryl methyl sites for hydroxylation is 1. The first-order valence-corrected chi connectivity index (χ1v) is 13.7. The number of hydrogen-bond donors (Lipinski definition) is 0. The maximum Gasteiger partial charge on any atom is 0.143 e. The molecule has 5 rings (SSSR count). The zero-order valence-corrected chi connectivity index (χ0v) is 20.5. The molecular weight excluding hydrogens is 411 g/mol. The number of fused-ring (bicyclic) bond motifs is 1. The lowest BCUT2D eigenvalue weighted by molar-refractivity contribution is 0.308. The van der Waals surface area contributed by atoms with E-state index in [0.717, 1.165) is 27.5 Å². The molecule has 0 N–H and O–H groups in total. The second kappa shape index (κ2) is 9.67. The molecule has 1 aromatic heterocycles. The van der Waals surface area contributed by atoms with Gasteiger partial charge in [0.05, 0.1) is 4.70 Å². The molecule has 0 bridgehead atoms. The van der Waals surface area contributed by atoms with Gasteiger partial charge in [0.25, 0.3) is 0 Å². The van der Waals surface area contributed by atoms with Crippen molar-refractivity contribution >= 4 is 21.4 Å². The van der Waals surface area contributed by atoms with Crippen molar-refractivity contribution in [2.45, 2.75) is 95.8 Å². The summed E-state index contributed by atoms with van der Waals surface area (Å²) in [6, 6.07) is 16.0. The number of benzene rings is 2. The van der Waals surface area contributed by atoms with Crippen LogP contribution in [0.25, 0.3) is 10.1 Å². The Morgan fingerprint density at radius 1 is 0.781 bits per heavy atom. The van der Waals surface area contributed by atoms with Crippen molar-refractivity contribution in [3.8, 4) is 0 Å². The van der Waals surface area contributed by atoms with Gasteiger partial charge in [0.1, 0.15) is 5.82 Å². The van der Waals surface area contributed by atoms with Crippen LogP contribution in [0.1, 0.15) is 110 Å². The maximum atomic E-state index is 14.5. The zero-order valence-electron chi connectivity index (χ0n) is 19.7. The lowest BCUT2D eigenvalue weighted by Crippen LogP contribution is -2.14. The summed E-state index contributed by atoms with van der Waals surface area (Å²) in [4.78, 5) is 1.39. The third-order valence-corrected chi connectivity index (χ3v) is 9.70. The fourth-order valence-electron chi connectivity index (χ4n) is 6.33. The Labute approximate surface area is 197 Å². The normalized spacial score (nSPS) is 26.5. The molecule has 1 heterocycles. The van der Waals surface area contributed by atoms with Crippen LogP contribution in [0.4, 0.5) is 4.39 Å². The topological polar surface area (TPSA) is 0 Å². The molecule has 0 atom stereocenters. The van der Waals surface area contributed by atoms with Gasteiger partial charge in [-0.05, 0) is 110 Å². The first kappa shape index (κ1) is 22.1. The Morgan fingerprint density at radius 3 is 1.94 bits per heavy atom. The third kappa shape index (κ3) is 4.53. The van der Waals surface area contributed by atoms with Crippen molar-refractivity contribution in [2.24, 2.45) is 5.92 Å². The summed E-state index contributed by atoms with van der Waals surface area (Å²) in [6.07, 6.45) is 13.3. The summed E-state index contributed by atoms with van der Waals surface area (Å²) in [6.45, 7) is 4.18. The molecule has 0 spiro atoms. The predicted molar refractivity (Wildman–Crippen MR) is 137 cm³/mol. The minimum atomic E-state index is -0.0219. The van der Waals surface area contributed by atoms with Gasteiger partial charge in [-0.25, -0.2) is 4.39 Å². The van der Waals surface area contributed by atoms with Crippen LogP contribution in [0, 0.1) is 18.7 Å². The minimum Gasteiger partial charge on any atom is -0.205 e. The van der Waals surface area contributed by atoms with Gasteiger partial charge >= 0.3 is 0 Å². The minimum absolute atomic E-state index is 0.0219. The molecule has 32 heavy (non-hydrogen) atoms. The van der Waals surface area contributed by atoms with Crippen LogP contribution >= 0.6 is 11.3 Å². The van der Waals surface area contributed by atoms with E-state index in [0.29, 0.717) is 11.8 Å². The van der Waals surface area contributed by atoms with Crippen molar-refractivity contribution in [1.29, 1.82) is 0 Å². The van der Waals surface area contributed by atoms with Gasteiger partial charge in [0.2, 0.25) is 0 Å². The SMILES string of the molecule is CCCC1CCC(c2ccc(C3CCC(c4cc5ccc(C)c(F)c5s4)CC3)cc2)CC1. The first-order valence-electron chi connectivity index (χ1n) is 12.9. The highest BCUT2D eigenvalue weighted by Crippen LogP contribution is 2.45. The van der Waals surface area contributed by atoms with Gasteiger partial charge in [-0.2, -0.15) is 0 Å². The van der Waals surface area contributed by atoms with Crippen LogP contribution in [0.3, 0.4) is 0 Å². The number of halogens is 1. The summed E-state index contributed by atoms with van der Waals surface area (Å²) in [7, 11) is 0. The molecule has 2 aromatic carbocycles. The number of rotatable bonds is 5. The third-order valence-electron chi connectivity index (χ3n) is 8.39. The molecule has 2 saturated carbocycles. The number of hydrogen-bond acceptors (Lipinski definition) is 1. The van der Waals surface area contributed by atoms with E-state index < -0.39 is 0 Å². The van der Waals surface area contributed by atoms with E-state index in [1.165, 1.54) is 74.6 Å². The molecule has 3 aromatic rings. The molecule has 170 valence electrons. The molecule has 0 aliphatic heterocycles. The second-order valence-electron chi connectivity index (χ2n) is 10.5. The standard InChI is InChI=1S/C30H37FS/c1-3-4-21-6-9-22(10-7-21)23-11-13-24(14-12-23)25-15-17-26(18-16-25)28-19-27-8-5-20(2)29(31)30(27)32-28/h5,8,11-14,19,21-22,25-26H,3-4,6-7,9-10,15-18H2,1-2H3. The lowest BCUT2D eigenvalue weighted by Gasteiger charge is -2.30. The molecule has 2 fully saturated rings. The molecule has 0 unspecified atom stereocenters. The number of thiophene rings is 1. The van der Waals surface area contributed by atoms with Crippen molar-refractivity contribution in [3.63, 3.8) is 0 Å². The van der Waals surface area contributed by atoms with Crippen LogP contribution < -0.4 is 0 Å². The highest BCUT2D eigenvalue weighted by molar-refractivity contribution is 7.19. The molecule has 0 nitrogen and oxygen atoms in total. The van der Waals surface area contributed by atoms with Gasteiger partial charge in [-0.1, -0.05) is 56.2 Å². The van der Waals surface area contributed by atoms with Crippen molar-refractivity contribution in [3.05, 3.63) is 69.8 Å². The molecule has 2 aliphatic carbocycles. The zero-order chi connectivity index (χ0) is 22.1. The van der Waals surface area contributed by atoms with Gasteiger partial charge in [-0.15, -0.1) is 11.3 Å². The van der Waals surface area contributed by atoms with Crippen molar-refractivity contribution < 1.29 is 4.39 Å².